The maximum Gasteiger partial charge on any atom is 0.123 e. The molecule has 0 aliphatic heterocycles. The summed E-state index contributed by atoms with van der Waals surface area (Å²) in [5, 5.41) is 3.50. The van der Waals surface area contributed by atoms with Crippen LogP contribution in [0.2, 0.25) is 0 Å². The maximum atomic E-state index is 12.8. The van der Waals surface area contributed by atoms with Gasteiger partial charge in [-0.15, -0.1) is 0 Å². The molecule has 0 spiro atoms. The van der Waals surface area contributed by atoms with E-state index in [0.717, 1.165) is 18.0 Å². The summed E-state index contributed by atoms with van der Waals surface area (Å²) in [5.41, 5.74) is 1.15. The second kappa shape index (κ2) is 6.64. The van der Waals surface area contributed by atoms with Gasteiger partial charge >= 0.3 is 0 Å². The van der Waals surface area contributed by atoms with E-state index in [4.69, 9.17) is 0 Å². The first kappa shape index (κ1) is 13.2. The van der Waals surface area contributed by atoms with Crippen LogP contribution >= 0.6 is 0 Å². The number of halogens is 1. The first-order chi connectivity index (χ1) is 7.67. The lowest BCUT2D eigenvalue weighted by atomic mass is 10.0. The molecule has 1 nitrogen and oxygen atoms in total. The Morgan fingerprint density at radius 2 is 1.69 bits per heavy atom. The van der Waals surface area contributed by atoms with Gasteiger partial charge in [0.15, 0.2) is 0 Å². The van der Waals surface area contributed by atoms with E-state index in [2.05, 4.69) is 26.1 Å². The Balaban J connectivity index is 2.46. The predicted molar refractivity (Wildman–Crippen MR) is 66.9 cm³/mol. The molecule has 1 atom stereocenters. The van der Waals surface area contributed by atoms with Crippen LogP contribution in [0.1, 0.15) is 45.2 Å². The van der Waals surface area contributed by atoms with Crippen molar-refractivity contribution < 1.29 is 4.39 Å². The molecule has 0 bridgehead atoms. The molecule has 1 aromatic rings. The average Bonchev–Trinajstić information content (AvgIpc) is 2.31. The van der Waals surface area contributed by atoms with E-state index in [1.807, 2.05) is 12.1 Å². The molecule has 16 heavy (non-hydrogen) atoms. The third-order valence-electron chi connectivity index (χ3n) is 3.24. The molecule has 2 heteroatoms. The van der Waals surface area contributed by atoms with Crippen molar-refractivity contribution in [3.8, 4) is 0 Å². The van der Waals surface area contributed by atoms with Crippen molar-refractivity contribution in [3.05, 3.63) is 35.6 Å². The Morgan fingerprint density at radius 1 is 1.12 bits per heavy atom. The average molecular weight is 223 g/mol. The van der Waals surface area contributed by atoms with Gasteiger partial charge in [-0.05, 0) is 37.1 Å². The topological polar surface area (TPSA) is 12.0 Å². The van der Waals surface area contributed by atoms with E-state index < -0.39 is 0 Å². The fourth-order valence-corrected chi connectivity index (χ4v) is 1.79. The maximum absolute atomic E-state index is 12.8. The molecule has 1 N–H and O–H groups in total. The molecule has 1 aromatic carbocycles. The highest BCUT2D eigenvalue weighted by molar-refractivity contribution is 5.19. The van der Waals surface area contributed by atoms with Crippen LogP contribution < -0.4 is 5.32 Å². The van der Waals surface area contributed by atoms with E-state index >= 15 is 0 Å². The first-order valence-electron chi connectivity index (χ1n) is 6.16. The summed E-state index contributed by atoms with van der Waals surface area (Å²) in [6.45, 7) is 7.60. The Morgan fingerprint density at radius 3 is 2.19 bits per heavy atom. The van der Waals surface area contributed by atoms with E-state index in [0.29, 0.717) is 6.04 Å². The van der Waals surface area contributed by atoms with Gasteiger partial charge in [0, 0.05) is 6.04 Å². The number of nitrogens with one attached hydrogen (secondary N) is 1. The Labute approximate surface area is 98.1 Å². The molecule has 90 valence electrons. The van der Waals surface area contributed by atoms with E-state index in [9.17, 15) is 4.39 Å². The highest BCUT2D eigenvalue weighted by atomic mass is 19.1. The molecular formula is C14H22FN. The zero-order valence-corrected chi connectivity index (χ0v) is 10.5. The van der Waals surface area contributed by atoms with Crippen molar-refractivity contribution in [2.24, 2.45) is 5.92 Å². The summed E-state index contributed by atoms with van der Waals surface area (Å²) in [5.74, 6) is 0.568. The Kier molecular flexibility index (Phi) is 5.47. The van der Waals surface area contributed by atoms with Gasteiger partial charge in [0.1, 0.15) is 5.82 Å². The number of benzene rings is 1. The van der Waals surface area contributed by atoms with Crippen LogP contribution in [0.3, 0.4) is 0 Å². The summed E-state index contributed by atoms with van der Waals surface area (Å²) in [4.78, 5) is 0. The summed E-state index contributed by atoms with van der Waals surface area (Å²) in [6, 6.07) is 7.02. The van der Waals surface area contributed by atoms with Gasteiger partial charge in [0.2, 0.25) is 0 Å². The van der Waals surface area contributed by atoms with Gasteiger partial charge in [0.05, 0.1) is 0 Å². The fraction of sp³-hybridized carbons (Fsp3) is 0.571. The lowest BCUT2D eigenvalue weighted by Crippen LogP contribution is -2.25. The second-order valence-electron chi connectivity index (χ2n) is 4.36. The molecule has 1 unspecified atom stereocenters. The molecule has 1 rings (SSSR count). The molecule has 0 saturated heterocycles. The Hall–Kier alpha value is -0.890. The van der Waals surface area contributed by atoms with Gasteiger partial charge in [-0.2, -0.15) is 0 Å². The lowest BCUT2D eigenvalue weighted by Gasteiger charge is -2.18. The number of rotatable bonds is 6. The minimum atomic E-state index is -0.170. The van der Waals surface area contributed by atoms with Gasteiger partial charge in [-0.1, -0.05) is 38.8 Å². The van der Waals surface area contributed by atoms with Gasteiger partial charge in [-0.25, -0.2) is 4.39 Å². The minimum absolute atomic E-state index is 0.170. The molecule has 0 aliphatic carbocycles. The smallest absolute Gasteiger partial charge is 0.123 e. The minimum Gasteiger partial charge on any atom is -0.310 e. The van der Waals surface area contributed by atoms with E-state index in [1.54, 1.807) is 0 Å². The van der Waals surface area contributed by atoms with Crippen molar-refractivity contribution in [1.82, 2.24) is 5.32 Å². The third-order valence-corrected chi connectivity index (χ3v) is 3.24. The highest BCUT2D eigenvalue weighted by Gasteiger charge is 2.08. The summed E-state index contributed by atoms with van der Waals surface area (Å²) in [6.07, 6.45) is 2.42. The monoisotopic (exact) mass is 223 g/mol. The lowest BCUT2D eigenvalue weighted by molar-refractivity contribution is 0.422. The summed E-state index contributed by atoms with van der Waals surface area (Å²) < 4.78 is 12.8. The number of hydrogen-bond acceptors (Lipinski definition) is 1. The van der Waals surface area contributed by atoms with Gasteiger partial charge in [-0.3, -0.25) is 0 Å². The second-order valence-corrected chi connectivity index (χ2v) is 4.36. The number of hydrogen-bond donors (Lipinski definition) is 1. The van der Waals surface area contributed by atoms with Crippen molar-refractivity contribution in [1.29, 1.82) is 0 Å². The quantitative estimate of drug-likeness (QED) is 0.771. The fourth-order valence-electron chi connectivity index (χ4n) is 1.79. The van der Waals surface area contributed by atoms with Crippen molar-refractivity contribution >= 4 is 0 Å². The molecule has 0 fully saturated rings. The Bertz CT molecular complexity index is 290. The molecular weight excluding hydrogens is 201 g/mol. The van der Waals surface area contributed by atoms with Crippen molar-refractivity contribution in [2.75, 3.05) is 6.54 Å². The molecule has 0 aromatic heterocycles. The summed E-state index contributed by atoms with van der Waals surface area (Å²) >= 11 is 0. The van der Waals surface area contributed by atoms with Crippen LogP contribution in [0.5, 0.6) is 0 Å². The van der Waals surface area contributed by atoms with E-state index in [1.165, 1.54) is 25.0 Å². The molecule has 0 amide bonds. The first-order valence-corrected chi connectivity index (χ1v) is 6.16. The van der Waals surface area contributed by atoms with Crippen LogP contribution in [0.25, 0.3) is 0 Å². The third kappa shape index (κ3) is 3.93. The van der Waals surface area contributed by atoms with Crippen LogP contribution in [0.15, 0.2) is 24.3 Å². The van der Waals surface area contributed by atoms with Crippen LogP contribution in [0, 0.1) is 11.7 Å². The summed E-state index contributed by atoms with van der Waals surface area (Å²) in [7, 11) is 0. The van der Waals surface area contributed by atoms with Crippen molar-refractivity contribution in [3.63, 3.8) is 0 Å². The van der Waals surface area contributed by atoms with Gasteiger partial charge in [0.25, 0.3) is 0 Å². The normalized spacial score (nSPS) is 13.1. The van der Waals surface area contributed by atoms with Crippen LogP contribution in [-0.4, -0.2) is 6.54 Å². The molecule has 0 aliphatic rings. The standard InChI is InChI=1S/C14H22FN/c1-4-12(5-2)10-16-11(3)13-6-8-14(15)9-7-13/h6-9,11-12,16H,4-5,10H2,1-3H3. The van der Waals surface area contributed by atoms with E-state index in [-0.39, 0.29) is 5.82 Å². The predicted octanol–water partition coefficient (Wildman–Crippen LogP) is 3.91. The molecule has 0 heterocycles. The van der Waals surface area contributed by atoms with Crippen LogP contribution in [-0.2, 0) is 0 Å². The zero-order chi connectivity index (χ0) is 12.0. The zero-order valence-electron chi connectivity index (χ0n) is 10.5. The van der Waals surface area contributed by atoms with Crippen LogP contribution in [0.4, 0.5) is 4.39 Å². The highest BCUT2D eigenvalue weighted by Crippen LogP contribution is 2.14. The van der Waals surface area contributed by atoms with Crippen molar-refractivity contribution in [2.45, 2.75) is 39.7 Å². The largest absolute Gasteiger partial charge is 0.310 e. The van der Waals surface area contributed by atoms with Gasteiger partial charge < -0.3 is 5.32 Å². The molecule has 0 radical (unpaired) electrons. The SMILES string of the molecule is CCC(CC)CNC(C)c1ccc(F)cc1. The molecule has 0 saturated carbocycles.